The Hall–Kier alpha value is -0.0700. The van der Waals surface area contributed by atoms with Crippen molar-refractivity contribution in [3.8, 4) is 0 Å². The van der Waals surface area contributed by atoms with E-state index < -0.39 is 0 Å². The molecule has 1 heterocycles. The fourth-order valence-corrected chi connectivity index (χ4v) is 2.69. The van der Waals surface area contributed by atoms with Crippen LogP contribution in [0, 0.1) is 5.92 Å². The van der Waals surface area contributed by atoms with Crippen LogP contribution in [0.15, 0.2) is 0 Å². The second-order valence-electron chi connectivity index (χ2n) is 5.48. The molecule has 22 heavy (non-hydrogen) atoms. The van der Waals surface area contributed by atoms with Gasteiger partial charge in [-0.05, 0) is 31.8 Å². The molecule has 0 saturated carbocycles. The smallest absolute Gasteiger partial charge is 0.236 e. The van der Waals surface area contributed by atoms with Gasteiger partial charge in [-0.25, -0.2) is 0 Å². The van der Waals surface area contributed by atoms with Crippen LogP contribution in [0.4, 0.5) is 0 Å². The monoisotopic (exact) mass is 357 g/mol. The topological polar surface area (TPSA) is 44.8 Å². The molecule has 1 saturated heterocycles. The fraction of sp³-hybridized carbons (Fsp3) is 0.933. The largest absolute Gasteiger partial charge is 0.383 e. The molecule has 1 rings (SSSR count). The Labute approximate surface area is 147 Å². The first-order valence-corrected chi connectivity index (χ1v) is 7.91. The van der Waals surface area contributed by atoms with E-state index in [1.165, 1.54) is 6.54 Å². The Morgan fingerprint density at radius 1 is 1.23 bits per heavy atom. The molecule has 134 valence electrons. The first-order chi connectivity index (χ1) is 9.71. The van der Waals surface area contributed by atoms with Crippen molar-refractivity contribution in [1.29, 1.82) is 0 Å². The number of nitrogens with one attached hydrogen (secondary N) is 1. The number of likely N-dealkylation sites (tertiary alicyclic amines) is 1. The number of halogens is 2. The van der Waals surface area contributed by atoms with Crippen LogP contribution in [0.5, 0.6) is 0 Å². The van der Waals surface area contributed by atoms with Crippen LogP contribution in [0.2, 0.25) is 0 Å². The van der Waals surface area contributed by atoms with E-state index in [2.05, 4.69) is 24.1 Å². The highest BCUT2D eigenvalue weighted by Gasteiger charge is 2.23. The molecule has 0 atom stereocenters. The van der Waals surface area contributed by atoms with Gasteiger partial charge in [0.25, 0.3) is 0 Å². The third-order valence-corrected chi connectivity index (χ3v) is 4.14. The van der Waals surface area contributed by atoms with Gasteiger partial charge in [-0.2, -0.15) is 0 Å². The van der Waals surface area contributed by atoms with Crippen LogP contribution < -0.4 is 5.32 Å². The third kappa shape index (κ3) is 9.16. The molecule has 0 spiro atoms. The summed E-state index contributed by atoms with van der Waals surface area (Å²) in [5.41, 5.74) is 0. The van der Waals surface area contributed by atoms with Crippen LogP contribution >= 0.6 is 24.8 Å². The maximum atomic E-state index is 12.0. The van der Waals surface area contributed by atoms with Crippen molar-refractivity contribution >= 4 is 30.7 Å². The maximum Gasteiger partial charge on any atom is 0.236 e. The molecule has 1 amide bonds. The highest BCUT2D eigenvalue weighted by molar-refractivity contribution is 5.85. The van der Waals surface area contributed by atoms with Gasteiger partial charge in [0.05, 0.1) is 13.2 Å². The summed E-state index contributed by atoms with van der Waals surface area (Å²) in [5, 5.41) is 3.12. The lowest BCUT2D eigenvalue weighted by Crippen LogP contribution is -2.45. The van der Waals surface area contributed by atoms with E-state index in [0.717, 1.165) is 51.5 Å². The number of methoxy groups -OCH3 is 1. The minimum Gasteiger partial charge on any atom is -0.383 e. The molecule has 0 aromatic rings. The molecule has 0 radical (unpaired) electrons. The predicted molar refractivity (Wildman–Crippen MR) is 96.3 cm³/mol. The highest BCUT2D eigenvalue weighted by Crippen LogP contribution is 2.18. The minimum absolute atomic E-state index is 0. The number of carbonyl (C=O) groups is 1. The molecular formula is C15H33Cl2N3O2. The summed E-state index contributed by atoms with van der Waals surface area (Å²) in [5.74, 6) is 0.975. The third-order valence-electron chi connectivity index (χ3n) is 4.14. The standard InChI is InChI=1S/C15H31N3O2.2ClH/c1-4-17(5-2)13-14-6-9-18(10-7-14)15(19)12-16-8-11-20-3;;/h14,16H,4-13H2,1-3H3;2*1H. The van der Waals surface area contributed by atoms with Gasteiger partial charge >= 0.3 is 0 Å². The van der Waals surface area contributed by atoms with Gasteiger partial charge in [0, 0.05) is 33.3 Å². The van der Waals surface area contributed by atoms with Crippen molar-refractivity contribution in [1.82, 2.24) is 15.1 Å². The first kappa shape index (κ1) is 24.2. The molecular weight excluding hydrogens is 325 g/mol. The zero-order valence-electron chi connectivity index (χ0n) is 14.2. The molecule has 0 aromatic carbocycles. The number of hydrogen-bond acceptors (Lipinski definition) is 4. The van der Waals surface area contributed by atoms with Crippen molar-refractivity contribution in [2.24, 2.45) is 5.92 Å². The average Bonchev–Trinajstić information content (AvgIpc) is 2.49. The summed E-state index contributed by atoms with van der Waals surface area (Å²) in [7, 11) is 1.67. The van der Waals surface area contributed by atoms with Crippen molar-refractivity contribution in [2.45, 2.75) is 26.7 Å². The summed E-state index contributed by atoms with van der Waals surface area (Å²) in [6, 6.07) is 0. The summed E-state index contributed by atoms with van der Waals surface area (Å²) in [6.45, 7) is 11.5. The number of amides is 1. The lowest BCUT2D eigenvalue weighted by atomic mass is 9.96. The lowest BCUT2D eigenvalue weighted by molar-refractivity contribution is -0.131. The van der Waals surface area contributed by atoms with Gasteiger partial charge in [0.1, 0.15) is 0 Å². The number of nitrogens with zero attached hydrogens (tertiary/aromatic N) is 2. The Bertz CT molecular complexity index is 272. The van der Waals surface area contributed by atoms with Gasteiger partial charge in [-0.3, -0.25) is 4.79 Å². The molecule has 0 bridgehead atoms. The highest BCUT2D eigenvalue weighted by atomic mass is 35.5. The van der Waals surface area contributed by atoms with Crippen LogP contribution in [-0.2, 0) is 9.53 Å². The van der Waals surface area contributed by atoms with E-state index in [0.29, 0.717) is 13.2 Å². The molecule has 7 heteroatoms. The Morgan fingerprint density at radius 3 is 2.32 bits per heavy atom. The summed E-state index contributed by atoms with van der Waals surface area (Å²) < 4.78 is 4.95. The van der Waals surface area contributed by atoms with Gasteiger partial charge in [0.15, 0.2) is 0 Å². The van der Waals surface area contributed by atoms with E-state index in [-0.39, 0.29) is 30.7 Å². The van der Waals surface area contributed by atoms with E-state index >= 15 is 0 Å². The van der Waals surface area contributed by atoms with Crippen molar-refractivity contribution in [2.75, 3.05) is 59.5 Å². The fourth-order valence-electron chi connectivity index (χ4n) is 2.69. The van der Waals surface area contributed by atoms with Crippen LogP contribution in [-0.4, -0.2) is 75.2 Å². The Kier molecular flexibility index (Phi) is 16.0. The molecule has 0 unspecified atom stereocenters. The van der Waals surface area contributed by atoms with Gasteiger partial charge in [-0.15, -0.1) is 24.8 Å². The van der Waals surface area contributed by atoms with E-state index in [9.17, 15) is 4.79 Å². The van der Waals surface area contributed by atoms with Crippen LogP contribution in [0.3, 0.4) is 0 Å². The molecule has 1 aliphatic heterocycles. The molecule has 1 N–H and O–H groups in total. The normalized spacial score (nSPS) is 15.4. The Morgan fingerprint density at radius 2 is 1.82 bits per heavy atom. The van der Waals surface area contributed by atoms with Crippen LogP contribution in [0.1, 0.15) is 26.7 Å². The average molecular weight is 358 g/mol. The van der Waals surface area contributed by atoms with E-state index in [1.54, 1.807) is 7.11 Å². The molecule has 1 aliphatic rings. The van der Waals surface area contributed by atoms with Crippen molar-refractivity contribution in [3.63, 3.8) is 0 Å². The summed E-state index contributed by atoms with van der Waals surface area (Å²) in [6.07, 6.45) is 2.28. The van der Waals surface area contributed by atoms with Gasteiger partial charge in [0.2, 0.25) is 5.91 Å². The number of ether oxygens (including phenoxy) is 1. The number of rotatable bonds is 9. The SMILES string of the molecule is CCN(CC)CC1CCN(C(=O)CNCCOC)CC1.Cl.Cl. The Balaban J connectivity index is 0. The first-order valence-electron chi connectivity index (χ1n) is 7.91. The van der Waals surface area contributed by atoms with E-state index in [4.69, 9.17) is 4.74 Å². The molecule has 1 fully saturated rings. The van der Waals surface area contributed by atoms with Gasteiger partial charge in [-0.1, -0.05) is 13.8 Å². The lowest BCUT2D eigenvalue weighted by Gasteiger charge is -2.34. The second kappa shape index (κ2) is 14.5. The van der Waals surface area contributed by atoms with Crippen molar-refractivity contribution < 1.29 is 9.53 Å². The van der Waals surface area contributed by atoms with Crippen molar-refractivity contribution in [3.05, 3.63) is 0 Å². The van der Waals surface area contributed by atoms with E-state index in [1.807, 2.05) is 4.90 Å². The number of carbonyl (C=O) groups excluding carboxylic acids is 1. The zero-order chi connectivity index (χ0) is 14.8. The summed E-state index contributed by atoms with van der Waals surface area (Å²) >= 11 is 0. The summed E-state index contributed by atoms with van der Waals surface area (Å²) in [4.78, 5) is 16.5. The number of piperidine rings is 1. The molecule has 0 aromatic heterocycles. The molecule has 5 nitrogen and oxygen atoms in total. The minimum atomic E-state index is 0. The quantitative estimate of drug-likeness (QED) is 0.637. The maximum absolute atomic E-state index is 12.0. The zero-order valence-corrected chi connectivity index (χ0v) is 15.8. The molecule has 0 aliphatic carbocycles. The van der Waals surface area contributed by atoms with Gasteiger partial charge < -0.3 is 19.9 Å². The predicted octanol–water partition coefficient (Wildman–Crippen LogP) is 1.65. The second-order valence-corrected chi connectivity index (χ2v) is 5.48. The van der Waals surface area contributed by atoms with Crippen LogP contribution in [0.25, 0.3) is 0 Å². The number of hydrogen-bond donors (Lipinski definition) is 1.